The molecular weight excluding hydrogens is 462 g/mol. The van der Waals surface area contributed by atoms with E-state index in [4.69, 9.17) is 4.98 Å². The second-order valence-electron chi connectivity index (χ2n) is 11.1. The average Bonchev–Trinajstić information content (AvgIpc) is 3.27. The van der Waals surface area contributed by atoms with Crippen LogP contribution in [0, 0.1) is 5.92 Å². The van der Waals surface area contributed by atoms with Crippen LogP contribution in [-0.2, 0) is 5.54 Å². The maximum absolute atomic E-state index is 13.2. The van der Waals surface area contributed by atoms with Gasteiger partial charge in [0.25, 0.3) is 5.91 Å². The van der Waals surface area contributed by atoms with Crippen molar-refractivity contribution in [2.75, 3.05) is 32.5 Å². The van der Waals surface area contributed by atoms with E-state index in [0.717, 1.165) is 55.4 Å². The first-order valence-electron chi connectivity index (χ1n) is 13.5. The Morgan fingerprint density at radius 3 is 2.59 bits per heavy atom. The first-order chi connectivity index (χ1) is 17.7. The molecule has 3 aromatic rings. The van der Waals surface area contributed by atoms with Crippen molar-refractivity contribution < 1.29 is 4.79 Å². The zero-order chi connectivity index (χ0) is 26.3. The van der Waals surface area contributed by atoms with E-state index in [2.05, 4.69) is 64.6 Å². The molecule has 1 fully saturated rings. The molecule has 1 aliphatic carbocycles. The second-order valence-corrected chi connectivity index (χ2v) is 11.1. The highest BCUT2D eigenvalue weighted by molar-refractivity contribution is 5.98. The van der Waals surface area contributed by atoms with Crippen molar-refractivity contribution in [1.29, 1.82) is 0 Å². The van der Waals surface area contributed by atoms with Crippen molar-refractivity contribution in [3.63, 3.8) is 0 Å². The van der Waals surface area contributed by atoms with Gasteiger partial charge < -0.3 is 14.8 Å². The number of pyridine rings is 1. The van der Waals surface area contributed by atoms with Gasteiger partial charge in [0.15, 0.2) is 0 Å². The van der Waals surface area contributed by atoms with E-state index in [1.807, 2.05) is 24.5 Å². The third-order valence-corrected chi connectivity index (χ3v) is 8.50. The van der Waals surface area contributed by atoms with Crippen molar-refractivity contribution >= 4 is 34.3 Å². The molecule has 1 unspecified atom stereocenters. The third-order valence-electron chi connectivity index (χ3n) is 8.50. The summed E-state index contributed by atoms with van der Waals surface area (Å²) in [6.07, 6.45) is 10.2. The quantitative estimate of drug-likeness (QED) is 0.473. The van der Waals surface area contributed by atoms with Crippen molar-refractivity contribution in [1.82, 2.24) is 29.3 Å². The number of fused-ring (bicyclic) bond motifs is 1. The van der Waals surface area contributed by atoms with Crippen LogP contribution >= 0.6 is 0 Å². The molecule has 3 aromatic heterocycles. The Labute approximate surface area is 219 Å². The van der Waals surface area contributed by atoms with E-state index in [-0.39, 0.29) is 11.4 Å². The van der Waals surface area contributed by atoms with E-state index in [1.54, 1.807) is 19.0 Å². The van der Waals surface area contributed by atoms with E-state index in [0.29, 0.717) is 29.4 Å². The van der Waals surface area contributed by atoms with Crippen molar-refractivity contribution in [2.24, 2.45) is 5.92 Å². The van der Waals surface area contributed by atoms with Gasteiger partial charge in [0.1, 0.15) is 17.2 Å². The Bertz CT molecular complexity index is 1320. The van der Waals surface area contributed by atoms with Gasteiger partial charge in [-0.2, -0.15) is 4.98 Å². The van der Waals surface area contributed by atoms with Crippen LogP contribution in [0.2, 0.25) is 0 Å². The molecule has 1 amide bonds. The average molecular weight is 502 g/mol. The van der Waals surface area contributed by atoms with Gasteiger partial charge in [-0.3, -0.25) is 9.69 Å². The number of hydrogen-bond donors (Lipinski definition) is 1. The lowest BCUT2D eigenvalue weighted by molar-refractivity contribution is 0.0488. The monoisotopic (exact) mass is 501 g/mol. The minimum atomic E-state index is -0.104. The number of amides is 1. The highest BCUT2D eigenvalue weighted by Gasteiger charge is 2.46. The van der Waals surface area contributed by atoms with Crippen LogP contribution in [0.1, 0.15) is 69.4 Å². The third kappa shape index (κ3) is 4.52. The molecule has 0 spiro atoms. The van der Waals surface area contributed by atoms with E-state index < -0.39 is 0 Å². The molecule has 0 bridgehead atoms. The Hall–Kier alpha value is -3.26. The van der Waals surface area contributed by atoms with Crippen molar-refractivity contribution in [2.45, 2.75) is 65.0 Å². The summed E-state index contributed by atoms with van der Waals surface area (Å²) in [6, 6.07) is 6.61. The van der Waals surface area contributed by atoms with Crippen LogP contribution in [0.4, 0.5) is 11.8 Å². The molecule has 2 atom stereocenters. The molecule has 5 rings (SSSR count). The second kappa shape index (κ2) is 9.89. The maximum atomic E-state index is 13.2. The van der Waals surface area contributed by atoms with E-state index in [1.165, 1.54) is 5.57 Å². The number of anilines is 2. The van der Waals surface area contributed by atoms with E-state index in [9.17, 15) is 4.79 Å². The van der Waals surface area contributed by atoms with Crippen LogP contribution in [0.25, 0.3) is 16.6 Å². The zero-order valence-corrected chi connectivity index (χ0v) is 23.0. The minimum absolute atomic E-state index is 0.00905. The molecule has 0 aromatic carbocycles. The van der Waals surface area contributed by atoms with Crippen LogP contribution in [0.5, 0.6) is 0 Å². The number of carbonyl (C=O) groups is 1. The van der Waals surface area contributed by atoms with Crippen molar-refractivity contribution in [3.05, 3.63) is 47.9 Å². The molecule has 4 heterocycles. The predicted octanol–water partition coefficient (Wildman–Crippen LogP) is 5.30. The summed E-state index contributed by atoms with van der Waals surface area (Å²) in [5.74, 6) is 1.65. The van der Waals surface area contributed by atoms with Gasteiger partial charge in [-0.15, -0.1) is 0 Å². The van der Waals surface area contributed by atoms with Gasteiger partial charge >= 0.3 is 0 Å². The maximum Gasteiger partial charge on any atom is 0.270 e. The lowest BCUT2D eigenvalue weighted by Gasteiger charge is -2.50. The van der Waals surface area contributed by atoms with Gasteiger partial charge in [-0.25, -0.2) is 9.97 Å². The molecule has 0 radical (unpaired) electrons. The molecule has 1 N–H and O–H groups in total. The van der Waals surface area contributed by atoms with Gasteiger partial charge in [0, 0.05) is 56.5 Å². The van der Waals surface area contributed by atoms with Gasteiger partial charge in [-0.05, 0) is 74.8 Å². The summed E-state index contributed by atoms with van der Waals surface area (Å²) in [5, 5.41) is 4.16. The summed E-state index contributed by atoms with van der Waals surface area (Å²) in [7, 11) is 3.59. The molecule has 196 valence electrons. The zero-order valence-electron chi connectivity index (χ0n) is 23.0. The van der Waals surface area contributed by atoms with Crippen molar-refractivity contribution in [3.8, 4) is 0 Å². The fourth-order valence-corrected chi connectivity index (χ4v) is 5.86. The minimum Gasteiger partial charge on any atom is -0.343 e. The molecule has 37 heavy (non-hydrogen) atoms. The first-order valence-corrected chi connectivity index (χ1v) is 13.5. The number of nitrogens with zero attached hydrogens (tertiary/aromatic N) is 6. The standard InChI is InChI=1S/C29H39N7O/c1-7-29(13-10-20(29)4)36-24(27(37)34(5)6)16-23-18-31-28(33-26(23)36)32-25-9-8-22(17-30-25)21-11-14-35(15-12-21)19(2)3/h8-9,11,16-20H,7,10,12-15H2,1-6H3,(H,30,31,32,33)/t20-,29?/m1/s1. The smallest absolute Gasteiger partial charge is 0.270 e. The Balaban J connectivity index is 1.44. The molecule has 8 nitrogen and oxygen atoms in total. The number of hydrogen-bond acceptors (Lipinski definition) is 6. The number of aromatic nitrogens is 4. The number of rotatable bonds is 7. The van der Waals surface area contributed by atoms with Crippen LogP contribution in [-0.4, -0.2) is 68.5 Å². The molecule has 0 saturated heterocycles. The molecule has 8 heteroatoms. The Kier molecular flexibility index (Phi) is 6.79. The fourth-order valence-electron chi connectivity index (χ4n) is 5.86. The Morgan fingerprint density at radius 1 is 1.24 bits per heavy atom. The summed E-state index contributed by atoms with van der Waals surface area (Å²) in [6.45, 7) is 11.0. The predicted molar refractivity (Wildman–Crippen MR) is 149 cm³/mol. The topological polar surface area (TPSA) is 79.2 Å². The summed E-state index contributed by atoms with van der Waals surface area (Å²) >= 11 is 0. The van der Waals surface area contributed by atoms with E-state index >= 15 is 0 Å². The lowest BCUT2D eigenvalue weighted by atomic mass is 9.65. The van der Waals surface area contributed by atoms with Crippen LogP contribution < -0.4 is 5.32 Å². The SMILES string of the molecule is CCC1(n2c(C(=O)N(C)C)cc3cnc(Nc4ccc(C5=CCN(C(C)C)CC5)cn4)nc32)CC[C@H]1C. The van der Waals surface area contributed by atoms with Gasteiger partial charge in [0.2, 0.25) is 5.95 Å². The highest BCUT2D eigenvalue weighted by Crippen LogP contribution is 2.49. The first kappa shape index (κ1) is 25.4. The van der Waals surface area contributed by atoms with Crippen LogP contribution in [0.15, 0.2) is 36.7 Å². The number of nitrogens with one attached hydrogen (secondary N) is 1. The summed E-state index contributed by atoms with van der Waals surface area (Å²) in [4.78, 5) is 31.4. The Morgan fingerprint density at radius 2 is 2.05 bits per heavy atom. The molecular formula is C29H39N7O. The van der Waals surface area contributed by atoms with Crippen LogP contribution in [0.3, 0.4) is 0 Å². The van der Waals surface area contributed by atoms with Gasteiger partial charge in [0.05, 0.1) is 0 Å². The lowest BCUT2D eigenvalue weighted by Crippen LogP contribution is -2.49. The largest absolute Gasteiger partial charge is 0.343 e. The number of carbonyl (C=O) groups excluding carboxylic acids is 1. The summed E-state index contributed by atoms with van der Waals surface area (Å²) < 4.78 is 2.19. The highest BCUT2D eigenvalue weighted by atomic mass is 16.2. The summed E-state index contributed by atoms with van der Waals surface area (Å²) in [5.41, 5.74) is 3.89. The molecule has 1 aliphatic heterocycles. The van der Waals surface area contributed by atoms with Gasteiger partial charge in [-0.1, -0.05) is 19.9 Å². The fraction of sp³-hybridized carbons (Fsp3) is 0.517. The molecule has 1 saturated carbocycles. The molecule has 2 aliphatic rings. The normalized spacial score (nSPS) is 22.1.